The third-order valence-corrected chi connectivity index (χ3v) is 3.01. The Hall–Kier alpha value is -1.35. The molecule has 0 atom stereocenters. The second-order valence-electron chi connectivity index (χ2n) is 3.29. The highest BCUT2D eigenvalue weighted by Gasteiger charge is 1.96. The van der Waals surface area contributed by atoms with Gasteiger partial charge in [-0.15, -0.1) is 0 Å². The highest BCUT2D eigenvalue weighted by molar-refractivity contribution is 7.98. The van der Waals surface area contributed by atoms with E-state index in [0.29, 0.717) is 0 Å². The third kappa shape index (κ3) is 3.66. The van der Waals surface area contributed by atoms with Gasteiger partial charge in [-0.1, -0.05) is 18.2 Å². The minimum absolute atomic E-state index is 0.732. The lowest BCUT2D eigenvalue weighted by Crippen LogP contribution is -1.99. The summed E-state index contributed by atoms with van der Waals surface area (Å²) in [5.41, 5.74) is 0. The van der Waals surface area contributed by atoms with Crippen molar-refractivity contribution in [3.05, 3.63) is 54.5 Å². The Morgan fingerprint density at radius 2 is 1.94 bits per heavy atom. The van der Waals surface area contributed by atoms with E-state index in [-0.39, 0.29) is 0 Å². The Morgan fingerprint density at radius 3 is 2.69 bits per heavy atom. The first-order valence-electron chi connectivity index (χ1n) is 5.23. The molecule has 1 aromatic heterocycles. The summed E-state index contributed by atoms with van der Waals surface area (Å²) in [6, 6.07) is 13.8. The molecular weight excluding hydrogens is 220 g/mol. The number of para-hydroxylation sites is 1. The summed E-state index contributed by atoms with van der Waals surface area (Å²) in [4.78, 5) is 0. The molecule has 0 saturated heterocycles. The molecule has 1 aromatic carbocycles. The van der Waals surface area contributed by atoms with Crippen molar-refractivity contribution in [1.29, 1.82) is 0 Å². The quantitative estimate of drug-likeness (QED) is 0.713. The monoisotopic (exact) mass is 234 g/mol. The van der Waals surface area contributed by atoms with E-state index in [1.54, 1.807) is 6.26 Å². The number of thioether (sulfide) groups is 1. The van der Waals surface area contributed by atoms with Gasteiger partial charge in [0.15, 0.2) is 0 Å². The molecule has 2 rings (SSSR count). The first-order chi connectivity index (χ1) is 7.95. The molecule has 0 aliphatic carbocycles. The highest BCUT2D eigenvalue weighted by atomic mass is 32.2. The molecule has 2 nitrogen and oxygen atoms in total. The number of benzene rings is 1. The van der Waals surface area contributed by atoms with E-state index < -0.39 is 0 Å². The zero-order valence-electron chi connectivity index (χ0n) is 8.96. The van der Waals surface area contributed by atoms with Gasteiger partial charge >= 0.3 is 0 Å². The molecule has 0 aliphatic heterocycles. The van der Waals surface area contributed by atoms with E-state index in [9.17, 15) is 0 Å². The number of hydrogen-bond donors (Lipinski definition) is 0. The molecule has 3 heteroatoms. The van der Waals surface area contributed by atoms with E-state index in [0.717, 1.165) is 29.6 Å². The molecule has 0 amide bonds. The van der Waals surface area contributed by atoms with Gasteiger partial charge in [0.25, 0.3) is 0 Å². The van der Waals surface area contributed by atoms with Crippen molar-refractivity contribution in [3.63, 3.8) is 0 Å². The lowest BCUT2D eigenvalue weighted by atomic mass is 10.3. The molecule has 0 N–H and O–H groups in total. The van der Waals surface area contributed by atoms with Gasteiger partial charge < -0.3 is 9.15 Å². The van der Waals surface area contributed by atoms with E-state index in [1.807, 2.05) is 54.2 Å². The van der Waals surface area contributed by atoms with Crippen LogP contribution < -0.4 is 4.74 Å². The Balaban J connectivity index is 1.59. The van der Waals surface area contributed by atoms with Gasteiger partial charge in [0.1, 0.15) is 11.5 Å². The second-order valence-corrected chi connectivity index (χ2v) is 4.40. The lowest BCUT2D eigenvalue weighted by Gasteiger charge is -2.04. The number of rotatable bonds is 6. The van der Waals surface area contributed by atoms with E-state index in [4.69, 9.17) is 9.15 Å². The summed E-state index contributed by atoms with van der Waals surface area (Å²) < 4.78 is 10.8. The molecule has 0 radical (unpaired) electrons. The smallest absolute Gasteiger partial charge is 0.119 e. The van der Waals surface area contributed by atoms with Crippen LogP contribution in [0.2, 0.25) is 0 Å². The number of furan rings is 1. The van der Waals surface area contributed by atoms with Crippen molar-refractivity contribution in [1.82, 2.24) is 0 Å². The van der Waals surface area contributed by atoms with Gasteiger partial charge in [0.2, 0.25) is 0 Å². The maximum Gasteiger partial charge on any atom is 0.119 e. The average Bonchev–Trinajstić information content (AvgIpc) is 2.83. The predicted molar refractivity (Wildman–Crippen MR) is 66.8 cm³/mol. The van der Waals surface area contributed by atoms with Crippen molar-refractivity contribution in [2.75, 3.05) is 12.4 Å². The maximum atomic E-state index is 5.57. The molecule has 0 unspecified atom stereocenters. The second kappa shape index (κ2) is 6.28. The van der Waals surface area contributed by atoms with Crippen LogP contribution in [-0.4, -0.2) is 12.4 Å². The zero-order valence-corrected chi connectivity index (χ0v) is 9.78. The normalized spacial score (nSPS) is 10.2. The van der Waals surface area contributed by atoms with Crippen LogP contribution in [0.5, 0.6) is 5.75 Å². The van der Waals surface area contributed by atoms with Crippen LogP contribution in [0.1, 0.15) is 5.76 Å². The van der Waals surface area contributed by atoms with Crippen LogP contribution in [0.4, 0.5) is 0 Å². The summed E-state index contributed by atoms with van der Waals surface area (Å²) >= 11 is 1.81. The first kappa shape index (κ1) is 11.1. The molecule has 1 heterocycles. The SMILES string of the molecule is c1ccc(OCCSCc2ccco2)cc1. The summed E-state index contributed by atoms with van der Waals surface area (Å²) in [7, 11) is 0. The Morgan fingerprint density at radius 1 is 1.06 bits per heavy atom. The van der Waals surface area contributed by atoms with Crippen molar-refractivity contribution < 1.29 is 9.15 Å². The van der Waals surface area contributed by atoms with Gasteiger partial charge in [-0.25, -0.2) is 0 Å². The topological polar surface area (TPSA) is 22.4 Å². The van der Waals surface area contributed by atoms with Crippen molar-refractivity contribution >= 4 is 11.8 Å². The molecular formula is C13H14O2S. The van der Waals surface area contributed by atoms with Crippen LogP contribution in [-0.2, 0) is 5.75 Å². The fourth-order valence-electron chi connectivity index (χ4n) is 1.30. The molecule has 0 aliphatic rings. The van der Waals surface area contributed by atoms with Gasteiger partial charge in [-0.3, -0.25) is 0 Å². The fourth-order valence-corrected chi connectivity index (χ4v) is 2.01. The van der Waals surface area contributed by atoms with E-state index >= 15 is 0 Å². The van der Waals surface area contributed by atoms with Crippen molar-refractivity contribution in [3.8, 4) is 5.75 Å². The molecule has 0 saturated carbocycles. The summed E-state index contributed by atoms with van der Waals surface area (Å²) in [5, 5.41) is 0. The Kier molecular flexibility index (Phi) is 4.37. The lowest BCUT2D eigenvalue weighted by molar-refractivity contribution is 0.344. The van der Waals surface area contributed by atoms with Gasteiger partial charge in [-0.2, -0.15) is 11.8 Å². The van der Waals surface area contributed by atoms with Crippen LogP contribution in [0.15, 0.2) is 53.1 Å². The van der Waals surface area contributed by atoms with Gasteiger partial charge in [0, 0.05) is 5.75 Å². The number of hydrogen-bond acceptors (Lipinski definition) is 3. The Bertz CT molecular complexity index is 384. The zero-order chi connectivity index (χ0) is 11.1. The molecule has 16 heavy (non-hydrogen) atoms. The van der Waals surface area contributed by atoms with Crippen molar-refractivity contribution in [2.45, 2.75) is 5.75 Å². The van der Waals surface area contributed by atoms with Crippen LogP contribution >= 0.6 is 11.8 Å². The highest BCUT2D eigenvalue weighted by Crippen LogP contribution is 2.13. The third-order valence-electron chi connectivity index (χ3n) is 2.06. The minimum atomic E-state index is 0.732. The summed E-state index contributed by atoms with van der Waals surface area (Å²) in [6.07, 6.45) is 1.70. The van der Waals surface area contributed by atoms with Crippen molar-refractivity contribution in [2.24, 2.45) is 0 Å². The standard InChI is InChI=1S/C13H14O2S/c1-2-5-12(6-3-1)15-9-10-16-11-13-7-4-8-14-13/h1-8H,9-11H2. The van der Waals surface area contributed by atoms with Crippen LogP contribution in [0.25, 0.3) is 0 Å². The van der Waals surface area contributed by atoms with Gasteiger partial charge in [-0.05, 0) is 24.3 Å². The molecule has 2 aromatic rings. The Labute approximate surface area is 99.6 Å². The summed E-state index contributed by atoms with van der Waals surface area (Å²) in [6.45, 7) is 0.732. The maximum absolute atomic E-state index is 5.57. The minimum Gasteiger partial charge on any atom is -0.493 e. The largest absolute Gasteiger partial charge is 0.493 e. The fraction of sp³-hybridized carbons (Fsp3) is 0.231. The average molecular weight is 234 g/mol. The van der Waals surface area contributed by atoms with E-state index in [1.165, 1.54) is 0 Å². The molecule has 0 fully saturated rings. The number of ether oxygens (including phenoxy) is 1. The first-order valence-corrected chi connectivity index (χ1v) is 6.38. The van der Waals surface area contributed by atoms with Gasteiger partial charge in [0.05, 0.1) is 18.6 Å². The predicted octanol–water partition coefficient (Wildman–Crippen LogP) is 3.59. The molecule has 0 spiro atoms. The van der Waals surface area contributed by atoms with Crippen LogP contribution in [0, 0.1) is 0 Å². The molecule has 0 bridgehead atoms. The van der Waals surface area contributed by atoms with Crippen LogP contribution in [0.3, 0.4) is 0 Å². The van der Waals surface area contributed by atoms with E-state index in [2.05, 4.69) is 0 Å². The summed E-state index contributed by atoms with van der Waals surface area (Å²) in [5.74, 6) is 3.83. The molecule has 84 valence electrons.